The molecule has 1 aromatic heterocycles. The van der Waals surface area contributed by atoms with Crippen molar-refractivity contribution < 1.29 is 9.59 Å². The van der Waals surface area contributed by atoms with Crippen LogP contribution in [0.3, 0.4) is 0 Å². The van der Waals surface area contributed by atoms with Crippen LogP contribution in [0.1, 0.15) is 20.8 Å². The number of hydrogen-bond acceptors (Lipinski definition) is 4. The van der Waals surface area contributed by atoms with Crippen LogP contribution in [-0.2, 0) is 4.79 Å². The van der Waals surface area contributed by atoms with Crippen LogP contribution in [0.5, 0.6) is 0 Å². The van der Waals surface area contributed by atoms with E-state index in [1.54, 1.807) is 48.6 Å². The number of carbonyl (C=O) groups excluding carboxylic acids is 2. The third kappa shape index (κ3) is 6.27. The highest BCUT2D eigenvalue weighted by Crippen LogP contribution is 2.16. The van der Waals surface area contributed by atoms with E-state index in [9.17, 15) is 9.59 Å². The number of rotatable bonds is 7. The van der Waals surface area contributed by atoms with Crippen molar-refractivity contribution in [1.82, 2.24) is 10.7 Å². The van der Waals surface area contributed by atoms with E-state index in [1.165, 1.54) is 17.6 Å². The lowest BCUT2D eigenvalue weighted by Gasteiger charge is -2.08. The van der Waals surface area contributed by atoms with Crippen LogP contribution in [0.25, 0.3) is 12.2 Å². The van der Waals surface area contributed by atoms with Crippen LogP contribution < -0.4 is 10.7 Å². The molecule has 3 aromatic rings. The molecule has 0 atom stereocenters. The van der Waals surface area contributed by atoms with Gasteiger partial charge in [0.05, 0.1) is 0 Å². The second-order valence-electron chi connectivity index (χ2n) is 5.99. The fourth-order valence-electron chi connectivity index (χ4n) is 2.41. The molecule has 30 heavy (non-hydrogen) atoms. The zero-order chi connectivity index (χ0) is 21.2. The Hall–Kier alpha value is -3.48. The minimum atomic E-state index is -0.532. The van der Waals surface area contributed by atoms with Gasteiger partial charge in [-0.3, -0.25) is 9.59 Å². The Morgan fingerprint density at radius 3 is 2.47 bits per heavy atom. The van der Waals surface area contributed by atoms with Gasteiger partial charge in [0.25, 0.3) is 11.8 Å². The Kier molecular flexibility index (Phi) is 7.71. The molecule has 0 bridgehead atoms. The summed E-state index contributed by atoms with van der Waals surface area (Å²) in [7, 11) is 0. The number of hydrogen-bond donors (Lipinski definition) is 2. The standard InChI is InChI=1S/C23H18ClN3O2S/c24-20-13-5-4-8-17(20)11-6-14-25-27-23(29)21(16-19-12-7-15-30-19)26-22(28)18-9-2-1-3-10-18/h1-16H,(H,26,28)(H,27,29)/b11-6+,21-16-,25-14+. The molecule has 2 amide bonds. The molecule has 2 aromatic carbocycles. The molecule has 0 aliphatic heterocycles. The lowest BCUT2D eigenvalue weighted by molar-refractivity contribution is -0.117. The molecule has 5 nitrogen and oxygen atoms in total. The summed E-state index contributed by atoms with van der Waals surface area (Å²) >= 11 is 7.54. The fraction of sp³-hybridized carbons (Fsp3) is 0. The number of hydrazone groups is 1. The van der Waals surface area contributed by atoms with Crippen molar-refractivity contribution in [1.29, 1.82) is 0 Å². The monoisotopic (exact) mass is 435 g/mol. The van der Waals surface area contributed by atoms with Crippen molar-refractivity contribution in [2.75, 3.05) is 0 Å². The second-order valence-corrected chi connectivity index (χ2v) is 7.38. The Morgan fingerprint density at radius 1 is 0.967 bits per heavy atom. The number of nitrogens with zero attached hydrogens (tertiary/aromatic N) is 1. The van der Waals surface area contributed by atoms with Gasteiger partial charge in [-0.2, -0.15) is 5.10 Å². The van der Waals surface area contributed by atoms with Gasteiger partial charge in [0, 0.05) is 21.7 Å². The Bertz CT molecular complexity index is 1090. The normalized spacial score (nSPS) is 11.7. The van der Waals surface area contributed by atoms with Crippen molar-refractivity contribution in [3.8, 4) is 0 Å². The van der Waals surface area contributed by atoms with E-state index in [0.717, 1.165) is 10.4 Å². The van der Waals surface area contributed by atoms with E-state index < -0.39 is 5.91 Å². The third-order valence-electron chi connectivity index (χ3n) is 3.87. The number of nitrogens with one attached hydrogen (secondary N) is 2. The topological polar surface area (TPSA) is 70.6 Å². The Balaban J connectivity index is 1.68. The quantitative estimate of drug-likeness (QED) is 0.312. The summed E-state index contributed by atoms with van der Waals surface area (Å²) in [4.78, 5) is 25.9. The summed E-state index contributed by atoms with van der Waals surface area (Å²) in [5.41, 5.74) is 3.81. The zero-order valence-corrected chi connectivity index (χ0v) is 17.4. The van der Waals surface area contributed by atoms with Crippen LogP contribution >= 0.6 is 22.9 Å². The van der Waals surface area contributed by atoms with E-state index in [0.29, 0.717) is 10.6 Å². The first-order chi connectivity index (χ1) is 14.6. The van der Waals surface area contributed by atoms with Gasteiger partial charge in [-0.05, 0) is 47.4 Å². The van der Waals surface area contributed by atoms with E-state index >= 15 is 0 Å². The summed E-state index contributed by atoms with van der Waals surface area (Å²) in [6, 6.07) is 19.8. The largest absolute Gasteiger partial charge is 0.317 e. The Morgan fingerprint density at radius 2 is 1.73 bits per heavy atom. The molecule has 2 N–H and O–H groups in total. The molecule has 0 saturated carbocycles. The molecule has 0 aliphatic carbocycles. The van der Waals surface area contributed by atoms with Gasteiger partial charge in [-0.15, -0.1) is 11.3 Å². The van der Waals surface area contributed by atoms with Gasteiger partial charge in [-0.25, -0.2) is 5.43 Å². The maximum atomic E-state index is 12.6. The van der Waals surface area contributed by atoms with Gasteiger partial charge >= 0.3 is 0 Å². The summed E-state index contributed by atoms with van der Waals surface area (Å²) in [6.45, 7) is 0. The maximum Gasteiger partial charge on any atom is 0.287 e. The van der Waals surface area contributed by atoms with Crippen LogP contribution in [-0.4, -0.2) is 18.0 Å². The van der Waals surface area contributed by atoms with E-state index in [1.807, 2.05) is 41.8 Å². The van der Waals surface area contributed by atoms with E-state index in [-0.39, 0.29) is 11.6 Å². The highest BCUT2D eigenvalue weighted by molar-refractivity contribution is 7.10. The average Bonchev–Trinajstić information content (AvgIpc) is 3.28. The number of amides is 2. The van der Waals surface area contributed by atoms with Crippen molar-refractivity contribution in [2.45, 2.75) is 0 Å². The molecule has 3 rings (SSSR count). The molecular weight excluding hydrogens is 418 g/mol. The number of halogens is 1. The number of benzene rings is 2. The Labute approximate surface area is 183 Å². The molecule has 0 unspecified atom stereocenters. The zero-order valence-electron chi connectivity index (χ0n) is 15.8. The molecule has 0 fully saturated rings. The second kappa shape index (κ2) is 10.9. The lowest BCUT2D eigenvalue weighted by Crippen LogP contribution is -2.32. The molecule has 0 aliphatic rings. The number of carbonyl (C=O) groups is 2. The molecule has 1 heterocycles. The van der Waals surface area contributed by atoms with Gasteiger partial charge < -0.3 is 5.32 Å². The summed E-state index contributed by atoms with van der Waals surface area (Å²) in [5, 5.41) is 9.06. The SMILES string of the molecule is O=C(N/N=C/C=C/c1ccccc1Cl)/C(=C/c1cccs1)NC(=O)c1ccccc1. The smallest absolute Gasteiger partial charge is 0.287 e. The summed E-state index contributed by atoms with van der Waals surface area (Å²) < 4.78 is 0. The number of allylic oxidation sites excluding steroid dienone is 1. The minimum Gasteiger partial charge on any atom is -0.317 e. The molecule has 7 heteroatoms. The molecule has 0 radical (unpaired) electrons. The van der Waals surface area contributed by atoms with Gasteiger partial charge in [0.1, 0.15) is 5.70 Å². The first-order valence-electron chi connectivity index (χ1n) is 8.99. The molecular formula is C23H18ClN3O2S. The fourth-order valence-corrected chi connectivity index (χ4v) is 3.27. The van der Waals surface area contributed by atoms with Crippen LogP contribution in [0.4, 0.5) is 0 Å². The van der Waals surface area contributed by atoms with Crippen LogP contribution in [0, 0.1) is 0 Å². The van der Waals surface area contributed by atoms with Gasteiger partial charge in [0.2, 0.25) is 0 Å². The molecule has 150 valence electrons. The predicted molar refractivity (Wildman–Crippen MR) is 123 cm³/mol. The predicted octanol–water partition coefficient (Wildman–Crippen LogP) is 4.99. The van der Waals surface area contributed by atoms with Gasteiger partial charge in [0.15, 0.2) is 0 Å². The maximum absolute atomic E-state index is 12.6. The first-order valence-corrected chi connectivity index (χ1v) is 10.3. The van der Waals surface area contributed by atoms with Crippen molar-refractivity contribution in [3.05, 3.63) is 105 Å². The molecule has 0 spiro atoms. The third-order valence-corrected chi connectivity index (χ3v) is 5.03. The lowest BCUT2D eigenvalue weighted by atomic mass is 10.2. The molecule has 0 saturated heterocycles. The van der Waals surface area contributed by atoms with Crippen LogP contribution in [0.15, 0.2) is 89.0 Å². The summed E-state index contributed by atoms with van der Waals surface area (Å²) in [6.07, 6.45) is 6.48. The van der Waals surface area contributed by atoms with Crippen molar-refractivity contribution in [3.63, 3.8) is 0 Å². The highest BCUT2D eigenvalue weighted by atomic mass is 35.5. The van der Waals surface area contributed by atoms with Crippen molar-refractivity contribution >= 4 is 53.1 Å². The number of thiophene rings is 1. The van der Waals surface area contributed by atoms with Crippen molar-refractivity contribution in [2.24, 2.45) is 5.10 Å². The average molecular weight is 436 g/mol. The highest BCUT2D eigenvalue weighted by Gasteiger charge is 2.14. The summed E-state index contributed by atoms with van der Waals surface area (Å²) in [5.74, 6) is -0.911. The first kappa shape index (κ1) is 21.2. The minimum absolute atomic E-state index is 0.0959. The van der Waals surface area contributed by atoms with Crippen LogP contribution in [0.2, 0.25) is 5.02 Å². The van der Waals surface area contributed by atoms with Gasteiger partial charge in [-0.1, -0.05) is 60.1 Å². The van der Waals surface area contributed by atoms with E-state index in [4.69, 9.17) is 11.6 Å². The van der Waals surface area contributed by atoms with E-state index in [2.05, 4.69) is 15.8 Å².